The summed E-state index contributed by atoms with van der Waals surface area (Å²) in [5.41, 5.74) is 2.21. The normalized spacial score (nSPS) is 10.1. The Labute approximate surface area is 95.8 Å². The van der Waals surface area contributed by atoms with Gasteiger partial charge in [-0.25, -0.2) is 0 Å². The average Bonchev–Trinajstić information content (AvgIpc) is 2.31. The predicted molar refractivity (Wildman–Crippen MR) is 65.3 cm³/mol. The van der Waals surface area contributed by atoms with E-state index >= 15 is 0 Å². The zero-order valence-corrected chi connectivity index (χ0v) is 9.59. The summed E-state index contributed by atoms with van der Waals surface area (Å²) in [6.45, 7) is 2.78. The molecule has 82 valence electrons. The molecule has 3 heteroatoms. The van der Waals surface area contributed by atoms with Crippen LogP contribution in [0.3, 0.4) is 0 Å². The highest BCUT2D eigenvalue weighted by Gasteiger charge is 2.03. The second kappa shape index (κ2) is 4.75. The van der Waals surface area contributed by atoms with Gasteiger partial charge in [-0.05, 0) is 24.6 Å². The van der Waals surface area contributed by atoms with Crippen LogP contribution in [0.15, 0.2) is 42.5 Å². The first-order valence-electron chi connectivity index (χ1n) is 5.31. The number of nitrogens with zero attached hydrogens (tertiary/aromatic N) is 3. The molecule has 1 heterocycles. The van der Waals surface area contributed by atoms with E-state index in [1.807, 2.05) is 44.3 Å². The molecule has 0 spiro atoms. The van der Waals surface area contributed by atoms with Crippen molar-refractivity contribution in [2.45, 2.75) is 13.5 Å². The first-order chi connectivity index (χ1) is 7.75. The van der Waals surface area contributed by atoms with Crippen LogP contribution in [0.2, 0.25) is 0 Å². The third-order valence-corrected chi connectivity index (χ3v) is 2.44. The molecule has 0 N–H and O–H groups in total. The number of aryl methyl sites for hydroxylation is 1. The molecular formula is C13H15N3. The van der Waals surface area contributed by atoms with E-state index < -0.39 is 0 Å². The molecule has 0 atom stereocenters. The molecule has 0 aliphatic rings. The van der Waals surface area contributed by atoms with E-state index in [0.29, 0.717) is 0 Å². The maximum atomic E-state index is 4.15. The van der Waals surface area contributed by atoms with Crippen molar-refractivity contribution >= 4 is 5.82 Å². The fourth-order valence-corrected chi connectivity index (χ4v) is 1.53. The Morgan fingerprint density at radius 1 is 1.00 bits per heavy atom. The molecule has 0 aliphatic carbocycles. The van der Waals surface area contributed by atoms with Crippen LogP contribution >= 0.6 is 0 Å². The van der Waals surface area contributed by atoms with E-state index in [9.17, 15) is 0 Å². The van der Waals surface area contributed by atoms with Crippen LogP contribution in [0.4, 0.5) is 5.82 Å². The van der Waals surface area contributed by atoms with Crippen LogP contribution in [0.1, 0.15) is 11.3 Å². The van der Waals surface area contributed by atoms with Gasteiger partial charge in [-0.2, -0.15) is 5.10 Å². The standard InChI is InChI=1S/C13H15N3/c1-11-8-9-13(15-14-11)16(2)10-12-6-4-3-5-7-12/h3-9H,10H2,1-2H3. The van der Waals surface area contributed by atoms with Crippen molar-refractivity contribution in [1.29, 1.82) is 0 Å². The summed E-state index contributed by atoms with van der Waals surface area (Å²) in [4.78, 5) is 2.09. The van der Waals surface area contributed by atoms with Crippen LogP contribution in [0, 0.1) is 6.92 Å². The molecule has 0 amide bonds. The number of rotatable bonds is 3. The van der Waals surface area contributed by atoms with E-state index in [2.05, 4.69) is 27.2 Å². The van der Waals surface area contributed by atoms with Crippen LogP contribution in [0.25, 0.3) is 0 Å². The summed E-state index contributed by atoms with van der Waals surface area (Å²) in [5.74, 6) is 0.898. The van der Waals surface area contributed by atoms with E-state index in [4.69, 9.17) is 0 Å². The molecule has 2 aromatic rings. The van der Waals surface area contributed by atoms with Gasteiger partial charge in [0.15, 0.2) is 5.82 Å². The number of anilines is 1. The lowest BCUT2D eigenvalue weighted by molar-refractivity contribution is 0.856. The number of hydrogen-bond acceptors (Lipinski definition) is 3. The zero-order chi connectivity index (χ0) is 11.4. The molecule has 1 aromatic carbocycles. The predicted octanol–water partition coefficient (Wildman–Crippen LogP) is 2.42. The van der Waals surface area contributed by atoms with Crippen molar-refractivity contribution in [3.8, 4) is 0 Å². The summed E-state index contributed by atoms with van der Waals surface area (Å²) < 4.78 is 0. The summed E-state index contributed by atoms with van der Waals surface area (Å²) in [5, 5.41) is 8.20. The fourth-order valence-electron chi connectivity index (χ4n) is 1.53. The third-order valence-electron chi connectivity index (χ3n) is 2.44. The first kappa shape index (κ1) is 10.6. The highest BCUT2D eigenvalue weighted by Crippen LogP contribution is 2.11. The second-order valence-corrected chi connectivity index (χ2v) is 3.87. The van der Waals surface area contributed by atoms with Crippen LogP contribution < -0.4 is 4.90 Å². The van der Waals surface area contributed by atoms with Crippen molar-refractivity contribution in [3.63, 3.8) is 0 Å². The Bertz CT molecular complexity index is 436. The lowest BCUT2D eigenvalue weighted by atomic mass is 10.2. The average molecular weight is 213 g/mol. The zero-order valence-electron chi connectivity index (χ0n) is 9.59. The molecule has 0 bridgehead atoms. The Morgan fingerprint density at radius 3 is 2.38 bits per heavy atom. The number of hydrogen-bond donors (Lipinski definition) is 0. The Morgan fingerprint density at radius 2 is 1.75 bits per heavy atom. The van der Waals surface area contributed by atoms with Gasteiger partial charge in [0, 0.05) is 13.6 Å². The van der Waals surface area contributed by atoms with Crippen molar-refractivity contribution in [2.24, 2.45) is 0 Å². The summed E-state index contributed by atoms with van der Waals surface area (Å²) in [6.07, 6.45) is 0. The SMILES string of the molecule is Cc1ccc(N(C)Cc2ccccc2)nn1. The van der Waals surface area contributed by atoms with Gasteiger partial charge in [-0.15, -0.1) is 5.10 Å². The maximum absolute atomic E-state index is 4.15. The third kappa shape index (κ3) is 2.57. The molecule has 0 aliphatic heterocycles. The van der Waals surface area contributed by atoms with Crippen LogP contribution in [-0.2, 0) is 6.54 Å². The largest absolute Gasteiger partial charge is 0.354 e. The summed E-state index contributed by atoms with van der Waals surface area (Å²) in [7, 11) is 2.02. The van der Waals surface area contributed by atoms with Gasteiger partial charge in [0.25, 0.3) is 0 Å². The van der Waals surface area contributed by atoms with Crippen LogP contribution in [0.5, 0.6) is 0 Å². The highest BCUT2D eigenvalue weighted by molar-refractivity contribution is 5.37. The van der Waals surface area contributed by atoms with Crippen LogP contribution in [-0.4, -0.2) is 17.2 Å². The maximum Gasteiger partial charge on any atom is 0.151 e. The smallest absolute Gasteiger partial charge is 0.151 e. The lowest BCUT2D eigenvalue weighted by Crippen LogP contribution is -2.18. The van der Waals surface area contributed by atoms with Crippen molar-refractivity contribution in [1.82, 2.24) is 10.2 Å². The molecule has 1 aromatic heterocycles. The van der Waals surface area contributed by atoms with Gasteiger partial charge in [-0.1, -0.05) is 30.3 Å². The minimum atomic E-state index is 0.846. The van der Waals surface area contributed by atoms with Gasteiger partial charge >= 0.3 is 0 Å². The van der Waals surface area contributed by atoms with E-state index in [1.54, 1.807) is 0 Å². The molecule has 0 saturated heterocycles. The Hall–Kier alpha value is -1.90. The Kier molecular flexibility index (Phi) is 3.15. The van der Waals surface area contributed by atoms with Gasteiger partial charge in [-0.3, -0.25) is 0 Å². The molecular weight excluding hydrogens is 198 g/mol. The molecule has 0 fully saturated rings. The topological polar surface area (TPSA) is 29.0 Å². The van der Waals surface area contributed by atoms with Crippen molar-refractivity contribution in [2.75, 3.05) is 11.9 Å². The summed E-state index contributed by atoms with van der Waals surface area (Å²) >= 11 is 0. The molecule has 0 radical (unpaired) electrons. The molecule has 3 nitrogen and oxygen atoms in total. The fraction of sp³-hybridized carbons (Fsp3) is 0.231. The first-order valence-corrected chi connectivity index (χ1v) is 5.31. The Balaban J connectivity index is 2.09. The van der Waals surface area contributed by atoms with Crippen molar-refractivity contribution in [3.05, 3.63) is 53.7 Å². The van der Waals surface area contributed by atoms with Gasteiger partial charge < -0.3 is 4.90 Å². The quantitative estimate of drug-likeness (QED) is 0.784. The number of aromatic nitrogens is 2. The summed E-state index contributed by atoms with van der Waals surface area (Å²) in [6, 6.07) is 14.3. The van der Waals surface area contributed by atoms with E-state index in [-0.39, 0.29) is 0 Å². The second-order valence-electron chi connectivity index (χ2n) is 3.87. The van der Waals surface area contributed by atoms with E-state index in [1.165, 1.54) is 5.56 Å². The lowest BCUT2D eigenvalue weighted by Gasteiger charge is -2.17. The molecule has 0 unspecified atom stereocenters. The molecule has 2 rings (SSSR count). The van der Waals surface area contributed by atoms with Crippen molar-refractivity contribution < 1.29 is 0 Å². The monoisotopic (exact) mass is 213 g/mol. The van der Waals surface area contributed by atoms with E-state index in [0.717, 1.165) is 18.1 Å². The van der Waals surface area contributed by atoms with Gasteiger partial charge in [0.2, 0.25) is 0 Å². The number of benzene rings is 1. The van der Waals surface area contributed by atoms with Gasteiger partial charge in [0.1, 0.15) is 0 Å². The van der Waals surface area contributed by atoms with Gasteiger partial charge in [0.05, 0.1) is 5.69 Å². The minimum Gasteiger partial charge on any atom is -0.354 e. The highest BCUT2D eigenvalue weighted by atomic mass is 15.2. The molecule has 16 heavy (non-hydrogen) atoms. The molecule has 0 saturated carbocycles. The minimum absolute atomic E-state index is 0.846.